The van der Waals surface area contributed by atoms with Crippen molar-refractivity contribution in [3.05, 3.63) is 71.7 Å². The number of aliphatic hydroxyl groups is 2. The molecule has 6 N–H and O–H groups in total. The first-order valence-electron chi connectivity index (χ1n) is 17.0. The quantitative estimate of drug-likeness (QED) is 0.122. The van der Waals surface area contributed by atoms with Crippen LogP contribution in [0.25, 0.3) is 0 Å². The molecular weight excluding hydrogens is 550 g/mol. The number of nitrogen functional groups attached to an aromatic ring is 1. The van der Waals surface area contributed by atoms with Crippen LogP contribution in [0.3, 0.4) is 0 Å². The van der Waals surface area contributed by atoms with Crippen LogP contribution >= 0.6 is 0 Å². The van der Waals surface area contributed by atoms with Crippen molar-refractivity contribution in [3.63, 3.8) is 0 Å². The molecule has 3 aromatic rings. The predicted molar refractivity (Wildman–Crippen MR) is 176 cm³/mol. The summed E-state index contributed by atoms with van der Waals surface area (Å²) in [5.74, 6) is 2.37. The maximum absolute atomic E-state index is 10.9. The lowest BCUT2D eigenvalue weighted by atomic mass is 9.67. The normalized spacial score (nSPS) is 22.2. The molecule has 7 nitrogen and oxygen atoms in total. The Morgan fingerprint density at radius 3 is 2.61 bits per heavy atom. The van der Waals surface area contributed by atoms with Crippen molar-refractivity contribution in [2.24, 2.45) is 11.8 Å². The van der Waals surface area contributed by atoms with E-state index in [2.05, 4.69) is 35.1 Å². The Kier molecular flexibility index (Phi) is 11.3. The van der Waals surface area contributed by atoms with Crippen LogP contribution in [-0.2, 0) is 11.8 Å². The van der Waals surface area contributed by atoms with Gasteiger partial charge in [-0.05, 0) is 117 Å². The Morgan fingerprint density at radius 1 is 1.02 bits per heavy atom. The van der Waals surface area contributed by atoms with Crippen molar-refractivity contribution >= 4 is 5.82 Å². The number of nitrogens with two attached hydrogens (primary N) is 1. The molecule has 2 fully saturated rings. The third-order valence-electron chi connectivity index (χ3n) is 10.7. The molecule has 2 saturated carbocycles. The Labute approximate surface area is 263 Å². The summed E-state index contributed by atoms with van der Waals surface area (Å²) >= 11 is 0. The highest BCUT2D eigenvalue weighted by Gasteiger charge is 2.44. The molecule has 0 bridgehead atoms. The number of anilines is 1. The number of aromatic amines is 1. The molecule has 5 rings (SSSR count). The van der Waals surface area contributed by atoms with Gasteiger partial charge in [-0.3, -0.25) is 0 Å². The van der Waals surface area contributed by atoms with E-state index in [0.29, 0.717) is 43.4 Å². The first-order chi connectivity index (χ1) is 21.4. The lowest BCUT2D eigenvalue weighted by Crippen LogP contribution is -2.32. The number of pyridine rings is 1. The summed E-state index contributed by atoms with van der Waals surface area (Å²) in [4.78, 5) is 7.74. The van der Waals surface area contributed by atoms with E-state index in [4.69, 9.17) is 10.5 Å². The molecule has 0 aliphatic heterocycles. The minimum atomic E-state index is -0.558. The topological polar surface area (TPSA) is 125 Å². The Hall–Kier alpha value is -3.03. The number of hydrogen-bond acceptors (Lipinski definition) is 6. The molecule has 44 heavy (non-hydrogen) atoms. The lowest BCUT2D eigenvalue weighted by molar-refractivity contribution is 0.0352. The average molecular weight is 604 g/mol. The molecule has 7 heteroatoms. The van der Waals surface area contributed by atoms with Gasteiger partial charge in [0.15, 0.2) is 11.5 Å². The standard InChI is InChI=1S/C37H53N3O4/c1-2-26-7-5-8-28(13-10-26)33(43)25-30(41)14-11-27-12-15-32(42)34(23-27)44-22-17-31(29-16-21-40-36(38)24-29)37(18-3-4-19-37)35-9-6-20-39-35/h6,9,12,15-16,20-21,23-24,26,28,30-31,33,39,41-43H,2-5,7-8,10-11,13-14,17-19,22,25H2,1H3,(H2,38,40). The first kappa shape index (κ1) is 32.4. The number of nitrogens with one attached hydrogen (secondary N) is 1. The highest BCUT2D eigenvalue weighted by atomic mass is 16.5. The molecule has 5 atom stereocenters. The van der Waals surface area contributed by atoms with Gasteiger partial charge in [-0.15, -0.1) is 0 Å². The van der Waals surface area contributed by atoms with Crippen molar-refractivity contribution in [2.45, 2.75) is 120 Å². The fourth-order valence-corrected chi connectivity index (χ4v) is 8.13. The van der Waals surface area contributed by atoms with Crippen molar-refractivity contribution in [2.75, 3.05) is 12.3 Å². The van der Waals surface area contributed by atoms with Crippen LogP contribution in [0.2, 0.25) is 0 Å². The maximum atomic E-state index is 10.9. The molecule has 0 radical (unpaired) electrons. The second-order valence-electron chi connectivity index (χ2n) is 13.5. The molecule has 0 saturated heterocycles. The first-order valence-corrected chi connectivity index (χ1v) is 17.0. The Balaban J connectivity index is 1.19. The van der Waals surface area contributed by atoms with Crippen molar-refractivity contribution in [1.82, 2.24) is 9.97 Å². The van der Waals surface area contributed by atoms with E-state index in [1.54, 1.807) is 12.3 Å². The van der Waals surface area contributed by atoms with Gasteiger partial charge in [-0.25, -0.2) is 4.98 Å². The van der Waals surface area contributed by atoms with Crippen LogP contribution in [0, 0.1) is 11.8 Å². The summed E-state index contributed by atoms with van der Waals surface area (Å²) in [5, 5.41) is 32.3. The smallest absolute Gasteiger partial charge is 0.161 e. The zero-order valence-electron chi connectivity index (χ0n) is 26.5. The van der Waals surface area contributed by atoms with Gasteiger partial charge < -0.3 is 30.8 Å². The van der Waals surface area contributed by atoms with Gasteiger partial charge in [-0.2, -0.15) is 0 Å². The van der Waals surface area contributed by atoms with Gasteiger partial charge in [-0.1, -0.05) is 51.5 Å². The van der Waals surface area contributed by atoms with E-state index in [9.17, 15) is 15.3 Å². The van der Waals surface area contributed by atoms with E-state index in [1.165, 1.54) is 49.8 Å². The third kappa shape index (κ3) is 7.97. The number of aliphatic hydroxyl groups excluding tert-OH is 2. The number of ether oxygens (including phenoxy) is 1. The summed E-state index contributed by atoms with van der Waals surface area (Å²) < 4.78 is 6.25. The number of phenols is 1. The van der Waals surface area contributed by atoms with Crippen molar-refractivity contribution < 1.29 is 20.1 Å². The molecule has 240 valence electrons. The summed E-state index contributed by atoms with van der Waals surface area (Å²) in [6.07, 6.45) is 16.7. The second-order valence-corrected chi connectivity index (χ2v) is 13.5. The minimum absolute atomic E-state index is 0.0281. The molecule has 1 aromatic carbocycles. The van der Waals surface area contributed by atoms with E-state index >= 15 is 0 Å². The summed E-state index contributed by atoms with van der Waals surface area (Å²) in [6, 6.07) is 13.8. The number of aromatic nitrogens is 2. The monoisotopic (exact) mass is 603 g/mol. The number of phenolic OH excluding ortho intramolecular Hbond substituents is 1. The van der Waals surface area contributed by atoms with Gasteiger partial charge in [0.25, 0.3) is 0 Å². The van der Waals surface area contributed by atoms with Crippen LogP contribution < -0.4 is 10.5 Å². The highest BCUT2D eigenvalue weighted by Crippen LogP contribution is 2.52. The molecule has 0 amide bonds. The van der Waals surface area contributed by atoms with Gasteiger partial charge in [0.1, 0.15) is 5.82 Å². The maximum Gasteiger partial charge on any atom is 0.161 e. The van der Waals surface area contributed by atoms with E-state index in [-0.39, 0.29) is 17.1 Å². The second kappa shape index (κ2) is 15.3. The molecule has 2 heterocycles. The number of hydrogen-bond donors (Lipinski definition) is 5. The number of rotatable bonds is 14. The largest absolute Gasteiger partial charge is 0.504 e. The lowest BCUT2D eigenvalue weighted by Gasteiger charge is -2.38. The molecule has 2 aromatic heterocycles. The predicted octanol–water partition coefficient (Wildman–Crippen LogP) is 7.41. The van der Waals surface area contributed by atoms with Crippen molar-refractivity contribution in [3.8, 4) is 11.5 Å². The number of nitrogens with zero attached hydrogens (tertiary/aromatic N) is 1. The number of H-pyrrole nitrogens is 1. The highest BCUT2D eigenvalue weighted by molar-refractivity contribution is 5.42. The summed E-state index contributed by atoms with van der Waals surface area (Å²) in [5.41, 5.74) is 9.53. The van der Waals surface area contributed by atoms with Gasteiger partial charge in [0.2, 0.25) is 0 Å². The molecular formula is C37H53N3O4. The van der Waals surface area contributed by atoms with Crippen LogP contribution in [0.4, 0.5) is 5.82 Å². The number of aromatic hydroxyl groups is 1. The van der Waals surface area contributed by atoms with Gasteiger partial charge >= 0.3 is 0 Å². The number of benzene rings is 1. The number of aryl methyl sites for hydroxylation is 1. The van der Waals surface area contributed by atoms with Gasteiger partial charge in [0, 0.05) is 23.5 Å². The van der Waals surface area contributed by atoms with Gasteiger partial charge in [0.05, 0.1) is 18.8 Å². The van der Waals surface area contributed by atoms with E-state index in [1.807, 2.05) is 24.4 Å². The SMILES string of the molecule is CCC1CCCC(C(O)CC(O)CCc2ccc(O)c(OCCC(c3ccnc(N)c3)C3(c4ccc[nH]4)CCCC3)c2)CC1. The van der Waals surface area contributed by atoms with Crippen molar-refractivity contribution in [1.29, 1.82) is 0 Å². The molecule has 2 aliphatic rings. The van der Waals surface area contributed by atoms with E-state index < -0.39 is 12.2 Å². The zero-order valence-corrected chi connectivity index (χ0v) is 26.5. The van der Waals surface area contributed by atoms with Crippen LogP contribution in [-0.4, -0.2) is 44.1 Å². The fourth-order valence-electron chi connectivity index (χ4n) is 8.13. The van der Waals surface area contributed by atoms with Crippen LogP contribution in [0.15, 0.2) is 54.9 Å². The molecule has 0 spiro atoms. The average Bonchev–Trinajstić information content (AvgIpc) is 3.68. The fraction of sp³-hybridized carbons (Fsp3) is 0.595. The molecule has 5 unspecified atom stereocenters. The molecule has 2 aliphatic carbocycles. The summed E-state index contributed by atoms with van der Waals surface area (Å²) in [7, 11) is 0. The Bertz CT molecular complexity index is 1290. The van der Waals surface area contributed by atoms with Crippen LogP contribution in [0.1, 0.15) is 113 Å². The van der Waals surface area contributed by atoms with Crippen LogP contribution in [0.5, 0.6) is 11.5 Å². The zero-order chi connectivity index (χ0) is 30.9. The third-order valence-corrected chi connectivity index (χ3v) is 10.7. The Morgan fingerprint density at radius 2 is 1.86 bits per heavy atom. The summed E-state index contributed by atoms with van der Waals surface area (Å²) in [6.45, 7) is 2.71. The van der Waals surface area contributed by atoms with E-state index in [0.717, 1.165) is 43.6 Å². The minimum Gasteiger partial charge on any atom is -0.504 e.